The summed E-state index contributed by atoms with van der Waals surface area (Å²) in [4.78, 5) is 13.5. The zero-order chi connectivity index (χ0) is 10.6. The molecule has 0 aromatic heterocycles. The van der Waals surface area contributed by atoms with Gasteiger partial charge < -0.3 is 4.90 Å². The lowest BCUT2D eigenvalue weighted by Crippen LogP contribution is -2.23. The fraction of sp³-hybridized carbons (Fsp3) is 0.417. The summed E-state index contributed by atoms with van der Waals surface area (Å²) >= 11 is 0. The second-order valence-corrected chi connectivity index (χ2v) is 4.44. The molecule has 1 fully saturated rings. The topological polar surface area (TPSA) is 20.3 Å². The van der Waals surface area contributed by atoms with Gasteiger partial charge in [-0.1, -0.05) is 6.07 Å². The predicted molar refractivity (Wildman–Crippen MR) is 53.7 cm³/mol. The Morgan fingerprint density at radius 1 is 1.47 bits per heavy atom. The molecule has 0 radical (unpaired) electrons. The minimum atomic E-state index is -0.208. The number of carbonyl (C=O) groups is 1. The maximum Gasteiger partial charge on any atom is 0.226 e. The summed E-state index contributed by atoms with van der Waals surface area (Å²) in [5.74, 6) is 0.120. The molecule has 2 bridgehead atoms. The van der Waals surface area contributed by atoms with Gasteiger partial charge in [-0.3, -0.25) is 4.79 Å². The van der Waals surface area contributed by atoms with Crippen LogP contribution in [0, 0.1) is 11.7 Å². The minimum absolute atomic E-state index is 0.0990. The van der Waals surface area contributed by atoms with Crippen molar-refractivity contribution in [2.24, 2.45) is 5.92 Å². The molecule has 0 spiro atoms. The van der Waals surface area contributed by atoms with E-state index in [1.54, 1.807) is 11.0 Å². The summed E-state index contributed by atoms with van der Waals surface area (Å²) in [6.45, 7) is 0. The van der Waals surface area contributed by atoms with Gasteiger partial charge in [0.05, 0.1) is 6.04 Å². The van der Waals surface area contributed by atoms with Crippen LogP contribution in [0.2, 0.25) is 0 Å². The molecular formula is C12H12FNO. The third-order valence-corrected chi connectivity index (χ3v) is 3.61. The monoisotopic (exact) mass is 205 g/mol. The number of benzene rings is 1. The highest BCUT2D eigenvalue weighted by Crippen LogP contribution is 2.43. The smallest absolute Gasteiger partial charge is 0.226 e. The van der Waals surface area contributed by atoms with Crippen LogP contribution in [0.4, 0.5) is 4.39 Å². The summed E-state index contributed by atoms with van der Waals surface area (Å²) in [5, 5.41) is 0. The molecule has 1 aromatic rings. The Labute approximate surface area is 87.7 Å². The molecule has 2 unspecified atom stereocenters. The van der Waals surface area contributed by atoms with E-state index >= 15 is 0 Å². The molecule has 2 atom stereocenters. The molecule has 1 amide bonds. The number of amides is 1. The van der Waals surface area contributed by atoms with E-state index in [1.165, 1.54) is 6.07 Å². The van der Waals surface area contributed by atoms with Crippen LogP contribution in [-0.2, 0) is 11.2 Å². The molecule has 15 heavy (non-hydrogen) atoms. The zero-order valence-corrected chi connectivity index (χ0v) is 8.53. The molecule has 0 saturated carbocycles. The fourth-order valence-electron chi connectivity index (χ4n) is 2.80. The van der Waals surface area contributed by atoms with Crippen molar-refractivity contribution < 1.29 is 9.18 Å². The molecule has 2 nitrogen and oxygen atoms in total. The molecule has 0 N–H and O–H groups in total. The van der Waals surface area contributed by atoms with E-state index < -0.39 is 0 Å². The van der Waals surface area contributed by atoms with Crippen LogP contribution in [0.15, 0.2) is 18.2 Å². The number of likely N-dealkylation sites (tertiary alicyclic amines) is 1. The summed E-state index contributed by atoms with van der Waals surface area (Å²) in [7, 11) is 1.81. The van der Waals surface area contributed by atoms with Gasteiger partial charge in [-0.2, -0.15) is 0 Å². The third kappa shape index (κ3) is 1.12. The summed E-state index contributed by atoms with van der Waals surface area (Å²) < 4.78 is 13.1. The van der Waals surface area contributed by atoms with Crippen LogP contribution in [-0.4, -0.2) is 17.9 Å². The Bertz CT molecular complexity index is 443. The number of carbonyl (C=O) groups excluding carboxylic acids is 1. The molecule has 1 saturated heterocycles. The molecule has 1 aliphatic heterocycles. The molecule has 3 heteroatoms. The Morgan fingerprint density at radius 3 is 3.07 bits per heavy atom. The van der Waals surface area contributed by atoms with E-state index in [0.29, 0.717) is 0 Å². The van der Waals surface area contributed by atoms with Gasteiger partial charge >= 0.3 is 0 Å². The lowest BCUT2D eigenvalue weighted by atomic mass is 9.84. The van der Waals surface area contributed by atoms with Crippen molar-refractivity contribution in [1.82, 2.24) is 4.90 Å². The maximum absolute atomic E-state index is 13.1. The van der Waals surface area contributed by atoms with Crippen molar-refractivity contribution in [3.05, 3.63) is 35.1 Å². The lowest BCUT2D eigenvalue weighted by Gasteiger charge is -2.23. The van der Waals surface area contributed by atoms with Crippen LogP contribution in [0.3, 0.4) is 0 Å². The van der Waals surface area contributed by atoms with Crippen molar-refractivity contribution in [2.45, 2.75) is 18.9 Å². The Kier molecular flexibility index (Phi) is 1.67. The molecule has 3 rings (SSSR count). The maximum atomic E-state index is 13.1. The number of fused-ring (bicyclic) bond motifs is 4. The Morgan fingerprint density at radius 2 is 2.27 bits per heavy atom. The number of hydrogen-bond acceptors (Lipinski definition) is 1. The second-order valence-electron chi connectivity index (χ2n) is 4.44. The quantitative estimate of drug-likeness (QED) is 0.633. The third-order valence-electron chi connectivity index (χ3n) is 3.61. The lowest BCUT2D eigenvalue weighted by molar-refractivity contribution is -0.130. The first-order chi connectivity index (χ1) is 7.16. The number of halogens is 1. The highest BCUT2D eigenvalue weighted by atomic mass is 19.1. The average Bonchev–Trinajstić information content (AvgIpc) is 2.46. The Balaban J connectivity index is 2.14. The Hall–Kier alpha value is -1.38. The van der Waals surface area contributed by atoms with Gasteiger partial charge in [-0.05, 0) is 36.1 Å². The number of rotatable bonds is 0. The molecule has 1 heterocycles. The molecule has 78 valence electrons. The molecule has 2 aliphatic rings. The predicted octanol–water partition coefficient (Wildman–Crippen LogP) is 1.90. The van der Waals surface area contributed by atoms with E-state index in [2.05, 4.69) is 0 Å². The van der Waals surface area contributed by atoms with Crippen molar-refractivity contribution in [2.75, 3.05) is 7.05 Å². The number of hydrogen-bond donors (Lipinski definition) is 0. The second kappa shape index (κ2) is 2.81. The highest BCUT2D eigenvalue weighted by molar-refractivity contribution is 5.83. The number of nitrogens with zero attached hydrogens (tertiary/aromatic N) is 1. The van der Waals surface area contributed by atoms with Gasteiger partial charge in [0.25, 0.3) is 0 Å². The fourth-order valence-corrected chi connectivity index (χ4v) is 2.80. The molecule has 1 aliphatic carbocycles. The van der Waals surface area contributed by atoms with Crippen LogP contribution >= 0.6 is 0 Å². The average molecular weight is 205 g/mol. The van der Waals surface area contributed by atoms with Crippen molar-refractivity contribution in [3.63, 3.8) is 0 Å². The van der Waals surface area contributed by atoms with Crippen LogP contribution in [0.1, 0.15) is 23.6 Å². The van der Waals surface area contributed by atoms with Crippen molar-refractivity contribution in [3.8, 4) is 0 Å². The summed E-state index contributed by atoms with van der Waals surface area (Å²) in [5.41, 5.74) is 2.13. The van der Waals surface area contributed by atoms with Gasteiger partial charge in [0, 0.05) is 13.0 Å². The van der Waals surface area contributed by atoms with E-state index in [1.807, 2.05) is 13.1 Å². The minimum Gasteiger partial charge on any atom is -0.338 e. The van der Waals surface area contributed by atoms with Gasteiger partial charge in [0.1, 0.15) is 5.82 Å². The zero-order valence-electron chi connectivity index (χ0n) is 8.53. The van der Waals surface area contributed by atoms with E-state index in [0.717, 1.165) is 24.0 Å². The SMILES string of the molecule is CN1C(=O)C2Cc3ccc(F)cc3C1C2. The first-order valence-corrected chi connectivity index (χ1v) is 5.22. The van der Waals surface area contributed by atoms with Gasteiger partial charge in [0.2, 0.25) is 5.91 Å². The summed E-state index contributed by atoms with van der Waals surface area (Å²) in [6.07, 6.45) is 1.63. The highest BCUT2D eigenvalue weighted by Gasteiger charge is 2.42. The van der Waals surface area contributed by atoms with Crippen molar-refractivity contribution >= 4 is 5.91 Å². The molecular weight excluding hydrogens is 193 g/mol. The standard InChI is InChI=1S/C12H12FNO/c1-14-11-5-8(12(14)15)4-7-2-3-9(13)6-10(7)11/h2-3,6,8,11H,4-5H2,1H3. The first-order valence-electron chi connectivity index (χ1n) is 5.22. The van der Waals surface area contributed by atoms with E-state index in [-0.39, 0.29) is 23.7 Å². The normalized spacial score (nSPS) is 28.1. The van der Waals surface area contributed by atoms with E-state index in [4.69, 9.17) is 0 Å². The molecule has 1 aromatic carbocycles. The summed E-state index contributed by atoms with van der Waals surface area (Å²) in [6, 6.07) is 4.97. The van der Waals surface area contributed by atoms with Gasteiger partial charge in [0.15, 0.2) is 0 Å². The first kappa shape index (κ1) is 8.89. The van der Waals surface area contributed by atoms with Gasteiger partial charge in [-0.25, -0.2) is 4.39 Å². The van der Waals surface area contributed by atoms with Crippen LogP contribution < -0.4 is 0 Å². The van der Waals surface area contributed by atoms with Crippen LogP contribution in [0.5, 0.6) is 0 Å². The van der Waals surface area contributed by atoms with Crippen molar-refractivity contribution in [1.29, 1.82) is 0 Å². The van der Waals surface area contributed by atoms with Crippen LogP contribution in [0.25, 0.3) is 0 Å². The largest absolute Gasteiger partial charge is 0.338 e. The van der Waals surface area contributed by atoms with Gasteiger partial charge in [-0.15, -0.1) is 0 Å². The van der Waals surface area contributed by atoms with E-state index in [9.17, 15) is 9.18 Å².